The highest BCUT2D eigenvalue weighted by molar-refractivity contribution is 6.32. The van der Waals surface area contributed by atoms with Crippen LogP contribution in [0.3, 0.4) is 0 Å². The first-order valence-corrected chi connectivity index (χ1v) is 14.5. The number of hydrogen-bond donors (Lipinski definition) is 4. The number of para-hydroxylation sites is 2. The van der Waals surface area contributed by atoms with Crippen LogP contribution in [0.2, 0.25) is 5.02 Å². The van der Waals surface area contributed by atoms with Crippen molar-refractivity contribution in [2.75, 3.05) is 19.6 Å². The minimum atomic E-state index is -1.44. The lowest BCUT2D eigenvalue weighted by molar-refractivity contribution is -0.0578. The number of halogens is 1. The van der Waals surface area contributed by atoms with Gasteiger partial charge in [-0.05, 0) is 67.5 Å². The van der Waals surface area contributed by atoms with E-state index in [0.29, 0.717) is 66.5 Å². The molecule has 8 nitrogen and oxygen atoms in total. The molecule has 1 aliphatic heterocycles. The van der Waals surface area contributed by atoms with Crippen molar-refractivity contribution in [1.82, 2.24) is 10.2 Å². The van der Waals surface area contributed by atoms with Gasteiger partial charge in [0.05, 0.1) is 10.6 Å². The summed E-state index contributed by atoms with van der Waals surface area (Å²) in [5, 5.41) is 24.4. The number of ether oxygens (including phenoxy) is 1. The molecule has 0 aliphatic carbocycles. The van der Waals surface area contributed by atoms with Crippen LogP contribution in [0.15, 0.2) is 66.7 Å². The van der Waals surface area contributed by atoms with Crippen molar-refractivity contribution in [3.05, 3.63) is 94.0 Å². The van der Waals surface area contributed by atoms with Crippen LogP contribution >= 0.6 is 11.6 Å². The van der Waals surface area contributed by atoms with Crippen LogP contribution in [0.4, 0.5) is 4.79 Å². The van der Waals surface area contributed by atoms with Crippen LogP contribution in [0.1, 0.15) is 59.7 Å². The van der Waals surface area contributed by atoms with E-state index in [1.807, 2.05) is 49.4 Å². The maximum atomic E-state index is 13.5. The highest BCUT2D eigenvalue weighted by Gasteiger charge is 2.43. The van der Waals surface area contributed by atoms with Crippen molar-refractivity contribution in [2.24, 2.45) is 11.7 Å². The lowest BCUT2D eigenvalue weighted by Gasteiger charge is -2.43. The molecule has 2 amide bonds. The molecule has 0 saturated carbocycles. The lowest BCUT2D eigenvalue weighted by Crippen LogP contribution is -2.48. The van der Waals surface area contributed by atoms with E-state index in [-0.39, 0.29) is 24.8 Å². The molecule has 5 N–H and O–H groups in total. The molecular weight excluding hydrogens is 542 g/mol. The van der Waals surface area contributed by atoms with Crippen molar-refractivity contribution in [3.8, 4) is 11.5 Å². The number of hydrogen-bond acceptors (Lipinski definition) is 5. The third kappa shape index (κ3) is 7.19. The largest absolute Gasteiger partial charge is 0.465 e. The number of nitrogens with two attached hydrogens (primary N) is 1. The van der Waals surface area contributed by atoms with E-state index >= 15 is 0 Å². The molecule has 1 saturated heterocycles. The number of carbonyl (C=O) groups is 2. The third-order valence-corrected chi connectivity index (χ3v) is 8.13. The average Bonchev–Trinajstić information content (AvgIpc) is 3.00. The topological polar surface area (TPSA) is 125 Å². The second kappa shape index (κ2) is 13.9. The number of likely N-dealkylation sites (tertiary alicyclic amines) is 1. The average molecular weight is 580 g/mol. The first-order chi connectivity index (χ1) is 19.8. The molecule has 0 bridgehead atoms. The molecule has 1 heterocycles. The minimum Gasteiger partial charge on any atom is -0.465 e. The molecule has 1 fully saturated rings. The summed E-state index contributed by atoms with van der Waals surface area (Å²) in [5.41, 5.74) is 7.32. The number of rotatable bonds is 11. The Labute approximate surface area is 246 Å². The monoisotopic (exact) mass is 579 g/mol. The molecule has 1 aliphatic rings. The van der Waals surface area contributed by atoms with Gasteiger partial charge >= 0.3 is 6.09 Å². The van der Waals surface area contributed by atoms with Crippen molar-refractivity contribution >= 4 is 23.6 Å². The number of nitrogens with one attached hydrogen (secondary N) is 1. The molecule has 3 aromatic rings. The third-order valence-electron chi connectivity index (χ3n) is 7.83. The first kappa shape index (κ1) is 30.4. The van der Waals surface area contributed by atoms with E-state index in [2.05, 4.69) is 5.32 Å². The molecule has 218 valence electrons. The van der Waals surface area contributed by atoms with Gasteiger partial charge in [0, 0.05) is 43.2 Å². The smallest absolute Gasteiger partial charge is 0.404 e. The highest BCUT2D eigenvalue weighted by Crippen LogP contribution is 2.47. The summed E-state index contributed by atoms with van der Waals surface area (Å²) < 4.78 is 6.42. The number of aliphatic hydroxyl groups is 1. The van der Waals surface area contributed by atoms with Crippen molar-refractivity contribution in [3.63, 3.8) is 0 Å². The second-order valence-corrected chi connectivity index (χ2v) is 10.8. The van der Waals surface area contributed by atoms with Crippen molar-refractivity contribution in [1.29, 1.82) is 0 Å². The van der Waals surface area contributed by atoms with E-state index < -0.39 is 11.7 Å². The van der Waals surface area contributed by atoms with Gasteiger partial charge in [0.25, 0.3) is 5.91 Å². The standard InChI is InChI=1S/C32H38ClN3O5/c1-2-23-8-3-4-12-28(23)41-29-26(10-5-11-27(29)33)32(40,17-7-18-35-31(38)39)25-9-6-19-36(21-25)30(37)24-15-13-22(20-34)14-16-24/h3-5,8,10-16,25,35,40H,2,6-7,9,17-21,34H2,1H3,(H,38,39)/t25-,32+/m1/s1. The van der Waals surface area contributed by atoms with Gasteiger partial charge in [0.15, 0.2) is 5.75 Å². The summed E-state index contributed by atoms with van der Waals surface area (Å²) in [6.45, 7) is 3.52. The Bertz CT molecular complexity index is 1350. The zero-order valence-corrected chi connectivity index (χ0v) is 24.1. The van der Waals surface area contributed by atoms with Crippen LogP contribution in [0.5, 0.6) is 11.5 Å². The summed E-state index contributed by atoms with van der Waals surface area (Å²) in [4.78, 5) is 26.3. The zero-order valence-electron chi connectivity index (χ0n) is 23.3. The fraction of sp³-hybridized carbons (Fsp3) is 0.375. The summed E-state index contributed by atoms with van der Waals surface area (Å²) >= 11 is 6.71. The number of carboxylic acid groups (broad SMARTS) is 1. The number of carbonyl (C=O) groups excluding carboxylic acids is 1. The Morgan fingerprint density at radius 1 is 1.12 bits per heavy atom. The van der Waals surface area contributed by atoms with Crippen LogP contribution in [0, 0.1) is 5.92 Å². The van der Waals surface area contributed by atoms with Crippen LogP contribution < -0.4 is 15.8 Å². The Kier molecular flexibility index (Phi) is 10.3. The van der Waals surface area contributed by atoms with Crippen molar-refractivity contribution < 1.29 is 24.5 Å². The molecule has 0 aromatic heterocycles. The maximum absolute atomic E-state index is 13.5. The number of amides is 2. The SMILES string of the molecule is CCc1ccccc1Oc1c(Cl)cccc1[C@](O)(CCCNC(=O)O)[C@@H]1CCCN(C(=O)c2ccc(CN)cc2)C1. The van der Waals surface area contributed by atoms with E-state index in [1.165, 1.54) is 0 Å². The zero-order chi connectivity index (χ0) is 29.4. The number of piperidine rings is 1. The van der Waals surface area contributed by atoms with Gasteiger partial charge in [-0.2, -0.15) is 0 Å². The molecule has 0 radical (unpaired) electrons. The van der Waals surface area contributed by atoms with Gasteiger partial charge in [-0.3, -0.25) is 4.79 Å². The van der Waals surface area contributed by atoms with Gasteiger partial charge in [-0.15, -0.1) is 0 Å². The van der Waals surface area contributed by atoms with Gasteiger partial charge in [0.2, 0.25) is 0 Å². The Morgan fingerprint density at radius 2 is 1.88 bits per heavy atom. The predicted octanol–water partition coefficient (Wildman–Crippen LogP) is 5.94. The molecule has 41 heavy (non-hydrogen) atoms. The molecule has 2 atom stereocenters. The summed E-state index contributed by atoms with van der Waals surface area (Å²) in [6, 6.07) is 20.3. The summed E-state index contributed by atoms with van der Waals surface area (Å²) in [6.07, 6.45) is 1.65. The molecule has 9 heteroatoms. The van der Waals surface area contributed by atoms with E-state index in [1.54, 1.807) is 29.2 Å². The van der Waals surface area contributed by atoms with Crippen LogP contribution in [-0.2, 0) is 18.6 Å². The molecule has 3 aromatic carbocycles. The maximum Gasteiger partial charge on any atom is 0.404 e. The number of nitrogens with zero attached hydrogens (tertiary/aromatic N) is 1. The Balaban J connectivity index is 1.68. The van der Waals surface area contributed by atoms with Crippen LogP contribution in [0.25, 0.3) is 0 Å². The Hall–Kier alpha value is -3.59. The fourth-order valence-electron chi connectivity index (χ4n) is 5.59. The molecule has 4 rings (SSSR count). The number of aryl methyl sites for hydroxylation is 1. The van der Waals surface area contributed by atoms with E-state index in [4.69, 9.17) is 27.2 Å². The van der Waals surface area contributed by atoms with Gasteiger partial charge in [-0.1, -0.05) is 61.0 Å². The molecule has 0 unspecified atom stereocenters. The predicted molar refractivity (Wildman–Crippen MR) is 159 cm³/mol. The van der Waals surface area contributed by atoms with Crippen molar-refractivity contribution in [2.45, 2.75) is 51.2 Å². The summed E-state index contributed by atoms with van der Waals surface area (Å²) in [7, 11) is 0. The minimum absolute atomic E-state index is 0.104. The highest BCUT2D eigenvalue weighted by atomic mass is 35.5. The normalized spacial score (nSPS) is 16.6. The second-order valence-electron chi connectivity index (χ2n) is 10.4. The quantitative estimate of drug-likeness (QED) is 0.208. The molecule has 0 spiro atoms. The summed E-state index contributed by atoms with van der Waals surface area (Å²) in [5.74, 6) is 0.577. The Morgan fingerprint density at radius 3 is 2.59 bits per heavy atom. The lowest BCUT2D eigenvalue weighted by atomic mass is 9.73. The molecular formula is C32H38ClN3O5. The van der Waals surface area contributed by atoms with E-state index in [9.17, 15) is 14.7 Å². The van der Waals surface area contributed by atoms with Crippen LogP contribution in [-0.4, -0.2) is 46.7 Å². The first-order valence-electron chi connectivity index (χ1n) is 14.1. The number of benzene rings is 3. The fourth-order valence-corrected chi connectivity index (χ4v) is 5.80. The van der Waals surface area contributed by atoms with E-state index in [0.717, 1.165) is 17.5 Å². The van der Waals surface area contributed by atoms with Gasteiger partial charge in [-0.25, -0.2) is 4.79 Å². The van der Waals surface area contributed by atoms with Gasteiger partial charge in [0.1, 0.15) is 5.75 Å². The van der Waals surface area contributed by atoms with Gasteiger partial charge < -0.3 is 30.9 Å².